The van der Waals surface area contributed by atoms with Crippen LogP contribution in [0.15, 0.2) is 4.79 Å². The Morgan fingerprint density at radius 1 is 1.31 bits per heavy atom. The van der Waals surface area contributed by atoms with Crippen LogP contribution in [-0.4, -0.2) is 19.3 Å². The second kappa shape index (κ2) is 4.19. The predicted molar refractivity (Wildman–Crippen MR) is 59.5 cm³/mol. The first-order valence-corrected chi connectivity index (χ1v) is 5.50. The number of nitrogens with zero attached hydrogens (tertiary/aromatic N) is 3. The Morgan fingerprint density at radius 3 is 2.31 bits per heavy atom. The molecule has 0 aromatic carbocycles. The highest BCUT2D eigenvalue weighted by Crippen LogP contribution is 2.20. The first-order valence-electron chi connectivity index (χ1n) is 5.50. The first-order chi connectivity index (χ1) is 7.34. The van der Waals surface area contributed by atoms with E-state index >= 15 is 0 Å². The number of rotatable bonds is 4. The number of aromatic nitrogens is 3. The minimum absolute atomic E-state index is 0.0332. The summed E-state index contributed by atoms with van der Waals surface area (Å²) in [6.07, 6.45) is 0.924. The minimum atomic E-state index is -0.548. The Kier molecular flexibility index (Phi) is 3.30. The Labute approximate surface area is 94.2 Å². The van der Waals surface area contributed by atoms with Crippen LogP contribution < -0.4 is 11.3 Å². The summed E-state index contributed by atoms with van der Waals surface area (Å²) in [6.45, 7) is 8.98. The fourth-order valence-electron chi connectivity index (χ4n) is 1.52. The molecule has 2 N–H and O–H groups in total. The van der Waals surface area contributed by atoms with Crippen LogP contribution in [0.2, 0.25) is 0 Å². The van der Waals surface area contributed by atoms with Crippen molar-refractivity contribution in [2.45, 2.75) is 47.2 Å². The van der Waals surface area contributed by atoms with E-state index in [0.29, 0.717) is 17.8 Å². The molecule has 0 saturated heterocycles. The summed E-state index contributed by atoms with van der Waals surface area (Å²) in [5, 5.41) is 17.0. The van der Waals surface area contributed by atoms with Gasteiger partial charge in [-0.05, 0) is 18.8 Å². The summed E-state index contributed by atoms with van der Waals surface area (Å²) in [5.41, 5.74) is -0.762. The van der Waals surface area contributed by atoms with Crippen molar-refractivity contribution in [1.29, 1.82) is 5.41 Å². The lowest BCUT2D eigenvalue weighted by atomic mass is 9.90. The van der Waals surface area contributed by atoms with Gasteiger partial charge < -0.3 is 5.21 Å². The molecule has 0 aliphatic heterocycles. The van der Waals surface area contributed by atoms with Crippen molar-refractivity contribution in [2.24, 2.45) is 5.41 Å². The third-order valence-corrected chi connectivity index (χ3v) is 2.97. The van der Waals surface area contributed by atoms with Crippen LogP contribution in [0.1, 0.15) is 34.1 Å². The van der Waals surface area contributed by atoms with Gasteiger partial charge in [0.2, 0.25) is 0 Å². The molecule has 1 rings (SSSR count). The topological polar surface area (TPSA) is 75.9 Å². The summed E-state index contributed by atoms with van der Waals surface area (Å²) in [4.78, 5) is 11.7. The fourth-order valence-corrected chi connectivity index (χ4v) is 1.52. The van der Waals surface area contributed by atoms with Crippen molar-refractivity contribution in [1.82, 2.24) is 14.1 Å². The van der Waals surface area contributed by atoms with Crippen LogP contribution in [0, 0.1) is 10.8 Å². The highest BCUT2D eigenvalue weighted by atomic mass is 16.5. The molecule has 0 radical (unpaired) electrons. The van der Waals surface area contributed by atoms with Gasteiger partial charge in [-0.2, -0.15) is 0 Å². The molecule has 0 unspecified atom stereocenters. The van der Waals surface area contributed by atoms with Gasteiger partial charge >= 0.3 is 5.69 Å². The molecule has 1 heterocycles. The van der Waals surface area contributed by atoms with Crippen LogP contribution in [0.3, 0.4) is 0 Å². The summed E-state index contributed by atoms with van der Waals surface area (Å²) < 4.78 is 3.28. The van der Waals surface area contributed by atoms with Crippen LogP contribution in [0.4, 0.5) is 0 Å². The summed E-state index contributed by atoms with van der Waals surface area (Å²) >= 11 is 0. The molecule has 0 bridgehead atoms. The third-order valence-electron chi connectivity index (χ3n) is 2.97. The van der Waals surface area contributed by atoms with Gasteiger partial charge in [-0.1, -0.05) is 25.5 Å². The summed E-state index contributed by atoms with van der Waals surface area (Å²) in [5.74, 6) is 0. The number of hydrogen-bond acceptors (Lipinski definition) is 3. The van der Waals surface area contributed by atoms with Crippen LogP contribution in [-0.2, 0) is 13.1 Å². The Hall–Kier alpha value is -1.46. The molecule has 0 spiro atoms. The molecule has 6 nitrogen and oxygen atoms in total. The molecule has 0 saturated carbocycles. The van der Waals surface area contributed by atoms with Crippen LogP contribution in [0.5, 0.6) is 0 Å². The lowest BCUT2D eigenvalue weighted by Gasteiger charge is -2.23. The van der Waals surface area contributed by atoms with E-state index in [1.165, 1.54) is 9.36 Å². The zero-order chi connectivity index (χ0) is 12.5. The highest BCUT2D eigenvalue weighted by molar-refractivity contribution is 4.73. The maximum Gasteiger partial charge on any atom is 0.379 e. The number of hydrogen-bond donors (Lipinski definition) is 2. The van der Waals surface area contributed by atoms with Gasteiger partial charge in [-0.3, -0.25) is 5.41 Å². The third kappa shape index (κ3) is 2.05. The normalized spacial score (nSPS) is 12.0. The van der Waals surface area contributed by atoms with Crippen molar-refractivity contribution >= 4 is 0 Å². The van der Waals surface area contributed by atoms with Gasteiger partial charge in [0.05, 0.1) is 0 Å². The average Bonchev–Trinajstić information content (AvgIpc) is 2.43. The summed E-state index contributed by atoms with van der Waals surface area (Å²) in [6, 6.07) is 0. The van der Waals surface area contributed by atoms with E-state index in [1.54, 1.807) is 0 Å². The molecule has 92 valence electrons. The smallest absolute Gasteiger partial charge is 0.379 e. The van der Waals surface area contributed by atoms with Crippen molar-refractivity contribution < 1.29 is 5.21 Å². The standard InChI is InChI=1S/C10H20N4O2/c1-5-10(3,4)7-13-9(15)14(16)8(11)12(13)6-2/h11,16H,5-7H2,1-4H3. The summed E-state index contributed by atoms with van der Waals surface area (Å²) in [7, 11) is 0. The molecular formula is C10H20N4O2. The molecule has 0 amide bonds. The molecule has 6 heteroatoms. The zero-order valence-corrected chi connectivity index (χ0v) is 10.3. The van der Waals surface area contributed by atoms with Crippen LogP contribution in [0.25, 0.3) is 0 Å². The molecule has 0 aliphatic rings. The van der Waals surface area contributed by atoms with E-state index in [4.69, 9.17) is 5.41 Å². The second-order valence-corrected chi connectivity index (χ2v) is 4.71. The van der Waals surface area contributed by atoms with Crippen molar-refractivity contribution in [3.63, 3.8) is 0 Å². The quantitative estimate of drug-likeness (QED) is 0.741. The molecular weight excluding hydrogens is 208 g/mol. The Morgan fingerprint density at radius 2 is 1.88 bits per heavy atom. The minimum Gasteiger partial charge on any atom is -0.421 e. The largest absolute Gasteiger partial charge is 0.421 e. The van der Waals surface area contributed by atoms with Crippen molar-refractivity contribution in [3.05, 3.63) is 16.1 Å². The average molecular weight is 228 g/mol. The van der Waals surface area contributed by atoms with Gasteiger partial charge in [-0.25, -0.2) is 14.2 Å². The zero-order valence-electron chi connectivity index (χ0n) is 10.3. The molecule has 0 atom stereocenters. The van der Waals surface area contributed by atoms with E-state index < -0.39 is 5.69 Å². The van der Waals surface area contributed by atoms with E-state index in [0.717, 1.165) is 6.42 Å². The van der Waals surface area contributed by atoms with Gasteiger partial charge in [0.1, 0.15) is 0 Å². The highest BCUT2D eigenvalue weighted by Gasteiger charge is 2.21. The van der Waals surface area contributed by atoms with E-state index in [9.17, 15) is 10.0 Å². The molecule has 1 aromatic heterocycles. The molecule has 0 fully saturated rings. The Balaban J connectivity index is 3.29. The van der Waals surface area contributed by atoms with Crippen molar-refractivity contribution in [3.8, 4) is 0 Å². The number of nitrogens with one attached hydrogen (secondary N) is 1. The molecule has 16 heavy (non-hydrogen) atoms. The Bertz CT molecular complexity index is 478. The van der Waals surface area contributed by atoms with E-state index in [-0.39, 0.29) is 11.0 Å². The SMILES string of the molecule is CCn1c(=N)n(O)c(=O)n1CC(C)(C)CC. The van der Waals surface area contributed by atoms with Gasteiger partial charge in [0, 0.05) is 13.1 Å². The lowest BCUT2D eigenvalue weighted by Crippen LogP contribution is -2.32. The van der Waals surface area contributed by atoms with Gasteiger partial charge in [-0.15, -0.1) is 0 Å². The van der Waals surface area contributed by atoms with E-state index in [2.05, 4.69) is 20.8 Å². The monoisotopic (exact) mass is 228 g/mol. The van der Waals surface area contributed by atoms with Crippen LogP contribution >= 0.6 is 0 Å². The lowest BCUT2D eigenvalue weighted by molar-refractivity contribution is 0.156. The van der Waals surface area contributed by atoms with Gasteiger partial charge in [0.15, 0.2) is 0 Å². The molecule has 0 aliphatic carbocycles. The fraction of sp³-hybridized carbons (Fsp3) is 0.800. The maximum absolute atomic E-state index is 11.7. The molecule has 1 aromatic rings. The second-order valence-electron chi connectivity index (χ2n) is 4.71. The van der Waals surface area contributed by atoms with Gasteiger partial charge in [0.25, 0.3) is 5.62 Å². The predicted octanol–water partition coefficient (Wildman–Crippen LogP) is 0.624. The van der Waals surface area contributed by atoms with Crippen molar-refractivity contribution in [2.75, 3.05) is 0 Å². The van der Waals surface area contributed by atoms with E-state index in [1.807, 2.05) is 6.92 Å². The first kappa shape index (κ1) is 12.6. The maximum atomic E-state index is 11.7.